The molecule has 0 radical (unpaired) electrons. The van der Waals surface area contributed by atoms with E-state index in [2.05, 4.69) is 26.0 Å². The molecule has 0 unspecified atom stereocenters. The van der Waals surface area contributed by atoms with Crippen molar-refractivity contribution in [1.82, 2.24) is 0 Å². The van der Waals surface area contributed by atoms with Crippen LogP contribution in [0.2, 0.25) is 0 Å². The Hall–Kier alpha value is -2.88. The molecule has 2 aromatic carbocycles. The van der Waals surface area contributed by atoms with E-state index in [4.69, 9.17) is 9.47 Å². The zero-order valence-electron chi connectivity index (χ0n) is 14.5. The van der Waals surface area contributed by atoms with Crippen LogP contribution in [0.4, 0.5) is 0 Å². The van der Waals surface area contributed by atoms with Gasteiger partial charge < -0.3 is 9.47 Å². The number of ketones is 2. The minimum atomic E-state index is -0.152. The second-order valence-corrected chi connectivity index (χ2v) is 6.41. The molecule has 0 atom stereocenters. The first-order valence-corrected chi connectivity index (χ1v) is 8.24. The van der Waals surface area contributed by atoms with Gasteiger partial charge in [0.1, 0.15) is 18.1 Å². The third-order valence-corrected chi connectivity index (χ3v) is 3.98. The van der Waals surface area contributed by atoms with Gasteiger partial charge in [-0.2, -0.15) is 0 Å². The number of ether oxygens (including phenoxy) is 2. The van der Waals surface area contributed by atoms with Gasteiger partial charge in [0, 0.05) is 6.07 Å². The first-order chi connectivity index (χ1) is 11.9. The Balaban J connectivity index is 1.80. The topological polar surface area (TPSA) is 52.6 Å². The molecule has 0 amide bonds. The molecular formula is C21H20O4. The Morgan fingerprint density at radius 2 is 1.88 bits per heavy atom. The summed E-state index contributed by atoms with van der Waals surface area (Å²) in [5.41, 5.74) is 2.66. The van der Waals surface area contributed by atoms with Crippen LogP contribution in [0, 0.1) is 0 Å². The highest BCUT2D eigenvalue weighted by Gasteiger charge is 2.27. The van der Waals surface area contributed by atoms with E-state index in [1.165, 1.54) is 12.5 Å². The lowest BCUT2D eigenvalue weighted by molar-refractivity contribution is -0.118. The lowest BCUT2D eigenvalue weighted by Gasteiger charge is -2.05. The van der Waals surface area contributed by atoms with Crippen molar-refractivity contribution >= 4 is 17.6 Å². The van der Waals surface area contributed by atoms with Gasteiger partial charge in [0.05, 0.1) is 5.56 Å². The molecule has 0 saturated heterocycles. The number of carbonyl (C=O) groups excluding carboxylic acids is 2. The Morgan fingerprint density at radius 3 is 2.52 bits per heavy atom. The van der Waals surface area contributed by atoms with Crippen LogP contribution in [-0.2, 0) is 4.79 Å². The minimum absolute atomic E-state index is 0.00235. The molecule has 4 nitrogen and oxygen atoms in total. The van der Waals surface area contributed by atoms with Crippen LogP contribution in [0.5, 0.6) is 11.5 Å². The van der Waals surface area contributed by atoms with Crippen LogP contribution in [0.1, 0.15) is 48.2 Å². The molecule has 0 aromatic heterocycles. The summed E-state index contributed by atoms with van der Waals surface area (Å²) >= 11 is 0. The molecule has 0 bridgehead atoms. The molecule has 128 valence electrons. The summed E-state index contributed by atoms with van der Waals surface area (Å²) in [6.45, 7) is 5.73. The molecule has 1 aliphatic heterocycles. The molecule has 0 aliphatic carbocycles. The van der Waals surface area contributed by atoms with Crippen LogP contribution >= 0.6 is 0 Å². The van der Waals surface area contributed by atoms with Crippen LogP contribution in [-0.4, -0.2) is 18.2 Å². The SMILES string of the molecule is CC(=O)COc1ccc2c(c1)O/C(=C\c1ccc(C(C)C)cc1)C2=O. The highest BCUT2D eigenvalue weighted by Crippen LogP contribution is 2.35. The summed E-state index contributed by atoms with van der Waals surface area (Å²) in [5, 5.41) is 0. The first kappa shape index (κ1) is 17.0. The van der Waals surface area contributed by atoms with Gasteiger partial charge in [-0.1, -0.05) is 38.1 Å². The number of hydrogen-bond acceptors (Lipinski definition) is 4. The lowest BCUT2D eigenvalue weighted by atomic mass is 10.0. The van der Waals surface area contributed by atoms with Crippen molar-refractivity contribution in [2.75, 3.05) is 6.61 Å². The van der Waals surface area contributed by atoms with Gasteiger partial charge in [-0.3, -0.25) is 9.59 Å². The summed E-state index contributed by atoms with van der Waals surface area (Å²) in [6, 6.07) is 13.0. The smallest absolute Gasteiger partial charge is 0.231 e. The first-order valence-electron chi connectivity index (χ1n) is 8.24. The third kappa shape index (κ3) is 3.79. The number of rotatable bonds is 5. The largest absolute Gasteiger partial charge is 0.486 e. The molecule has 0 saturated carbocycles. The van der Waals surface area contributed by atoms with E-state index in [1.807, 2.05) is 12.1 Å². The monoisotopic (exact) mass is 336 g/mol. The average molecular weight is 336 g/mol. The maximum atomic E-state index is 12.5. The summed E-state index contributed by atoms with van der Waals surface area (Å²) in [4.78, 5) is 23.5. The van der Waals surface area contributed by atoms with Crippen molar-refractivity contribution in [3.05, 3.63) is 64.9 Å². The molecule has 2 aromatic rings. The number of hydrogen-bond donors (Lipinski definition) is 0. The fourth-order valence-electron chi connectivity index (χ4n) is 2.57. The number of carbonyl (C=O) groups is 2. The van der Waals surface area contributed by atoms with Crippen LogP contribution < -0.4 is 9.47 Å². The van der Waals surface area contributed by atoms with Crippen molar-refractivity contribution in [2.45, 2.75) is 26.7 Å². The molecule has 3 rings (SSSR count). The Kier molecular flexibility index (Phi) is 4.70. The predicted molar refractivity (Wildman–Crippen MR) is 96.1 cm³/mol. The Morgan fingerprint density at radius 1 is 1.16 bits per heavy atom. The second-order valence-electron chi connectivity index (χ2n) is 6.41. The van der Waals surface area contributed by atoms with Crippen molar-refractivity contribution < 1.29 is 19.1 Å². The number of allylic oxidation sites excluding steroid dienone is 1. The Labute approximate surface area is 147 Å². The number of Topliss-reactive ketones (excluding diaryl/α,β-unsaturated/α-hetero) is 2. The summed E-state index contributed by atoms with van der Waals surface area (Å²) in [7, 11) is 0. The normalized spacial score (nSPS) is 14.6. The van der Waals surface area contributed by atoms with E-state index in [9.17, 15) is 9.59 Å². The van der Waals surface area contributed by atoms with Gasteiger partial charge in [-0.15, -0.1) is 0 Å². The highest BCUT2D eigenvalue weighted by atomic mass is 16.5. The maximum absolute atomic E-state index is 12.5. The maximum Gasteiger partial charge on any atom is 0.231 e. The zero-order valence-corrected chi connectivity index (χ0v) is 14.5. The molecule has 0 spiro atoms. The average Bonchev–Trinajstić information content (AvgIpc) is 2.89. The van der Waals surface area contributed by atoms with E-state index in [-0.39, 0.29) is 23.9 Å². The second kappa shape index (κ2) is 6.93. The van der Waals surface area contributed by atoms with Gasteiger partial charge in [-0.05, 0) is 42.2 Å². The highest BCUT2D eigenvalue weighted by molar-refractivity contribution is 6.14. The third-order valence-electron chi connectivity index (χ3n) is 3.98. The van der Waals surface area contributed by atoms with Crippen molar-refractivity contribution in [3.8, 4) is 11.5 Å². The fraction of sp³-hybridized carbons (Fsp3) is 0.238. The van der Waals surface area contributed by atoms with Crippen molar-refractivity contribution in [1.29, 1.82) is 0 Å². The van der Waals surface area contributed by atoms with Gasteiger partial charge in [0.25, 0.3) is 0 Å². The predicted octanol–water partition coefficient (Wildman–Crippen LogP) is 4.39. The van der Waals surface area contributed by atoms with E-state index >= 15 is 0 Å². The summed E-state index contributed by atoms with van der Waals surface area (Å²) in [5.74, 6) is 1.49. The molecular weight excluding hydrogens is 316 g/mol. The Bertz CT molecular complexity index is 845. The standard InChI is InChI=1S/C21H20O4/c1-13(2)16-6-4-15(5-7-16)10-20-21(23)18-9-8-17(11-19(18)25-20)24-12-14(3)22/h4-11,13H,12H2,1-3H3/b20-10-. The van der Waals surface area contributed by atoms with Gasteiger partial charge in [0.15, 0.2) is 11.5 Å². The molecule has 1 aliphatic rings. The lowest BCUT2D eigenvalue weighted by Crippen LogP contribution is -2.06. The van der Waals surface area contributed by atoms with Gasteiger partial charge in [-0.25, -0.2) is 0 Å². The quantitative estimate of drug-likeness (QED) is 0.760. The molecule has 1 heterocycles. The zero-order chi connectivity index (χ0) is 18.0. The number of fused-ring (bicyclic) bond motifs is 1. The minimum Gasteiger partial charge on any atom is -0.486 e. The van der Waals surface area contributed by atoms with Crippen LogP contribution in [0.3, 0.4) is 0 Å². The van der Waals surface area contributed by atoms with E-state index in [0.29, 0.717) is 23.0 Å². The van der Waals surface area contributed by atoms with Crippen molar-refractivity contribution in [2.24, 2.45) is 0 Å². The summed E-state index contributed by atoms with van der Waals surface area (Å²) in [6.07, 6.45) is 1.74. The van der Waals surface area contributed by atoms with E-state index in [1.54, 1.807) is 24.3 Å². The molecule has 0 N–H and O–H groups in total. The van der Waals surface area contributed by atoms with Crippen LogP contribution in [0.25, 0.3) is 6.08 Å². The van der Waals surface area contributed by atoms with Crippen molar-refractivity contribution in [3.63, 3.8) is 0 Å². The van der Waals surface area contributed by atoms with E-state index in [0.717, 1.165) is 5.56 Å². The number of benzene rings is 2. The van der Waals surface area contributed by atoms with Gasteiger partial charge in [0.2, 0.25) is 5.78 Å². The van der Waals surface area contributed by atoms with E-state index < -0.39 is 0 Å². The molecule has 4 heteroatoms. The molecule has 0 fully saturated rings. The van der Waals surface area contributed by atoms with Crippen LogP contribution in [0.15, 0.2) is 48.2 Å². The molecule has 25 heavy (non-hydrogen) atoms. The summed E-state index contributed by atoms with van der Waals surface area (Å²) < 4.78 is 11.1. The van der Waals surface area contributed by atoms with Gasteiger partial charge >= 0.3 is 0 Å². The fourth-order valence-corrected chi connectivity index (χ4v) is 2.57.